The van der Waals surface area contributed by atoms with Gasteiger partial charge < -0.3 is 15.4 Å². The summed E-state index contributed by atoms with van der Waals surface area (Å²) in [4.78, 5) is 14.0. The van der Waals surface area contributed by atoms with Crippen LogP contribution in [-0.4, -0.2) is 30.2 Å². The van der Waals surface area contributed by atoms with E-state index in [9.17, 15) is 18.0 Å². The summed E-state index contributed by atoms with van der Waals surface area (Å²) < 4.78 is 44.4. The van der Waals surface area contributed by atoms with Crippen LogP contribution >= 0.6 is 0 Å². The monoisotopic (exact) mass is 470 g/mol. The van der Waals surface area contributed by atoms with Crippen LogP contribution < -0.4 is 5.73 Å². The van der Waals surface area contributed by atoms with Crippen LogP contribution in [0, 0.1) is 17.5 Å². The van der Waals surface area contributed by atoms with Gasteiger partial charge in [-0.2, -0.15) is 0 Å². The van der Waals surface area contributed by atoms with Gasteiger partial charge in [0.05, 0.1) is 6.04 Å². The molecule has 0 radical (unpaired) electrons. The Hall–Kier alpha value is -3.32. The number of rotatable bonds is 6. The number of benzene rings is 3. The molecule has 0 aliphatic carbocycles. The second-order valence-electron chi connectivity index (χ2n) is 8.14. The number of halogens is 3. The Kier molecular flexibility index (Phi) is 9.10. The number of ether oxygens (including phenoxy) is 1. The molecule has 3 aromatic rings. The van der Waals surface area contributed by atoms with Crippen molar-refractivity contribution >= 4 is 6.09 Å². The number of cyclic esters (lactones) is 1. The minimum Gasteiger partial charge on any atom is -0.446 e. The number of amides is 1. The van der Waals surface area contributed by atoms with E-state index in [1.807, 2.05) is 19.1 Å². The summed E-state index contributed by atoms with van der Waals surface area (Å²) in [6.07, 6.45) is 2.05. The Morgan fingerprint density at radius 3 is 2.26 bits per heavy atom. The molecule has 2 unspecified atom stereocenters. The molecule has 0 spiro atoms. The van der Waals surface area contributed by atoms with Gasteiger partial charge in [-0.25, -0.2) is 18.0 Å². The largest absolute Gasteiger partial charge is 0.446 e. The van der Waals surface area contributed by atoms with E-state index in [2.05, 4.69) is 0 Å². The molecule has 1 saturated heterocycles. The van der Waals surface area contributed by atoms with Gasteiger partial charge in [-0.05, 0) is 61.7 Å². The molecule has 0 aromatic heterocycles. The fourth-order valence-electron chi connectivity index (χ4n) is 3.80. The van der Waals surface area contributed by atoms with Gasteiger partial charge in [0, 0.05) is 24.6 Å². The summed E-state index contributed by atoms with van der Waals surface area (Å²) >= 11 is 0. The topological polar surface area (TPSA) is 55.6 Å². The van der Waals surface area contributed by atoms with Gasteiger partial charge in [-0.1, -0.05) is 42.5 Å². The zero-order valence-corrected chi connectivity index (χ0v) is 19.1. The first-order valence-corrected chi connectivity index (χ1v) is 11.3. The third-order valence-electron chi connectivity index (χ3n) is 5.76. The van der Waals surface area contributed by atoms with E-state index in [1.165, 1.54) is 24.3 Å². The smallest absolute Gasteiger partial charge is 0.410 e. The molecule has 180 valence electrons. The van der Waals surface area contributed by atoms with Gasteiger partial charge in [0.25, 0.3) is 0 Å². The van der Waals surface area contributed by atoms with Gasteiger partial charge in [0.2, 0.25) is 0 Å². The maximum absolute atomic E-state index is 13.9. The maximum Gasteiger partial charge on any atom is 0.410 e. The first kappa shape index (κ1) is 25.3. The summed E-state index contributed by atoms with van der Waals surface area (Å²) in [5.74, 6) is -1.38. The molecule has 0 bridgehead atoms. The molecule has 0 saturated carbocycles. The highest BCUT2D eigenvalue weighted by Crippen LogP contribution is 2.29. The van der Waals surface area contributed by atoms with E-state index in [0.717, 1.165) is 30.9 Å². The molecule has 2 atom stereocenters. The Labute approximate surface area is 198 Å². The molecular weight excluding hydrogens is 441 g/mol. The van der Waals surface area contributed by atoms with Crippen molar-refractivity contribution in [1.29, 1.82) is 0 Å². The second kappa shape index (κ2) is 12.2. The van der Waals surface area contributed by atoms with Gasteiger partial charge in [0.1, 0.15) is 23.6 Å². The molecule has 3 aromatic carbocycles. The standard InChI is InChI=1S/C21H24F2N2O2.C6H5F/c1-14(25-12-10-18(3-2-11-24)27-21(25)26)15-4-6-16(7-5-15)19-9-8-17(22)13-20(19)23;7-6-4-2-1-3-5-6/h4-9,13-14,18H,2-3,10-12,24H2,1H3;1-5H. The van der Waals surface area contributed by atoms with Crippen molar-refractivity contribution in [1.82, 2.24) is 4.90 Å². The van der Waals surface area contributed by atoms with Crippen LogP contribution in [0.15, 0.2) is 72.8 Å². The highest BCUT2D eigenvalue weighted by atomic mass is 19.1. The average Bonchev–Trinajstić information content (AvgIpc) is 2.83. The Morgan fingerprint density at radius 2 is 1.71 bits per heavy atom. The number of carbonyl (C=O) groups excluding carboxylic acids is 1. The molecule has 1 fully saturated rings. The molecule has 34 heavy (non-hydrogen) atoms. The fourth-order valence-corrected chi connectivity index (χ4v) is 3.80. The number of hydrogen-bond acceptors (Lipinski definition) is 3. The first-order valence-electron chi connectivity index (χ1n) is 11.3. The van der Waals surface area contributed by atoms with Crippen molar-refractivity contribution in [3.05, 3.63) is 95.8 Å². The van der Waals surface area contributed by atoms with Crippen molar-refractivity contribution in [2.45, 2.75) is 38.3 Å². The normalized spacial score (nSPS) is 16.3. The molecule has 1 amide bonds. The summed E-state index contributed by atoms with van der Waals surface area (Å²) in [7, 11) is 0. The zero-order valence-electron chi connectivity index (χ0n) is 19.1. The van der Waals surface area contributed by atoms with E-state index >= 15 is 0 Å². The molecule has 4 rings (SSSR count). The lowest BCUT2D eigenvalue weighted by molar-refractivity contribution is 0.00950. The summed E-state index contributed by atoms with van der Waals surface area (Å²) in [6.45, 7) is 3.16. The quantitative estimate of drug-likeness (QED) is 0.449. The van der Waals surface area contributed by atoms with Crippen molar-refractivity contribution in [3.63, 3.8) is 0 Å². The third-order valence-corrected chi connectivity index (χ3v) is 5.76. The Bertz CT molecular complexity index is 1060. The van der Waals surface area contributed by atoms with Crippen LogP contribution in [0.2, 0.25) is 0 Å². The Morgan fingerprint density at radius 1 is 1.00 bits per heavy atom. The third kappa shape index (κ3) is 6.84. The molecule has 2 N–H and O–H groups in total. The second-order valence-corrected chi connectivity index (χ2v) is 8.14. The zero-order chi connectivity index (χ0) is 24.5. The summed E-state index contributed by atoms with van der Waals surface area (Å²) in [5, 5.41) is 0. The van der Waals surface area contributed by atoms with E-state index in [-0.39, 0.29) is 24.1 Å². The minimum absolute atomic E-state index is 0.0617. The molecule has 1 aliphatic heterocycles. The van der Waals surface area contributed by atoms with Crippen LogP contribution in [0.5, 0.6) is 0 Å². The van der Waals surface area contributed by atoms with Gasteiger partial charge >= 0.3 is 6.09 Å². The summed E-state index contributed by atoms with van der Waals surface area (Å²) in [6, 6.07) is 18.6. The van der Waals surface area contributed by atoms with Crippen molar-refractivity contribution in [2.75, 3.05) is 13.1 Å². The minimum atomic E-state index is -0.602. The number of hydrogen-bond donors (Lipinski definition) is 1. The molecular formula is C27H29F3N2O2. The van der Waals surface area contributed by atoms with Crippen LogP contribution in [0.4, 0.5) is 18.0 Å². The van der Waals surface area contributed by atoms with E-state index < -0.39 is 11.6 Å². The number of nitrogens with zero attached hydrogens (tertiary/aromatic N) is 1. The molecule has 4 nitrogen and oxygen atoms in total. The van der Waals surface area contributed by atoms with Gasteiger partial charge in [-0.15, -0.1) is 0 Å². The van der Waals surface area contributed by atoms with Crippen LogP contribution in [0.1, 0.15) is 37.8 Å². The van der Waals surface area contributed by atoms with E-state index in [4.69, 9.17) is 10.5 Å². The van der Waals surface area contributed by atoms with E-state index in [0.29, 0.717) is 24.2 Å². The lowest BCUT2D eigenvalue weighted by Gasteiger charge is -2.36. The molecule has 7 heteroatoms. The lowest BCUT2D eigenvalue weighted by Crippen LogP contribution is -2.43. The van der Waals surface area contributed by atoms with Crippen molar-refractivity contribution in [2.24, 2.45) is 5.73 Å². The first-order chi connectivity index (χ1) is 16.4. The molecule has 1 heterocycles. The highest BCUT2D eigenvalue weighted by molar-refractivity contribution is 5.69. The summed E-state index contributed by atoms with van der Waals surface area (Å²) in [5.41, 5.74) is 7.44. The van der Waals surface area contributed by atoms with Crippen molar-refractivity contribution < 1.29 is 22.7 Å². The molecule has 1 aliphatic rings. The fraction of sp³-hybridized carbons (Fsp3) is 0.296. The predicted octanol–water partition coefficient (Wildman–Crippen LogP) is 6.47. The number of nitrogens with two attached hydrogens (primary N) is 1. The van der Waals surface area contributed by atoms with Crippen LogP contribution in [-0.2, 0) is 4.74 Å². The van der Waals surface area contributed by atoms with Crippen LogP contribution in [0.25, 0.3) is 11.1 Å². The van der Waals surface area contributed by atoms with Crippen LogP contribution in [0.3, 0.4) is 0 Å². The van der Waals surface area contributed by atoms with Gasteiger partial charge in [-0.3, -0.25) is 0 Å². The van der Waals surface area contributed by atoms with E-state index in [1.54, 1.807) is 35.2 Å². The predicted molar refractivity (Wildman–Crippen MR) is 126 cm³/mol. The lowest BCUT2D eigenvalue weighted by atomic mass is 9.99. The van der Waals surface area contributed by atoms with Crippen molar-refractivity contribution in [3.8, 4) is 11.1 Å². The number of carbonyl (C=O) groups is 1. The average molecular weight is 471 g/mol. The Balaban J connectivity index is 0.000000396. The SMILES string of the molecule is CC(c1ccc(-c2ccc(F)cc2F)cc1)N1CCC(CCCN)OC1=O.Fc1ccccc1. The maximum atomic E-state index is 13.9. The highest BCUT2D eigenvalue weighted by Gasteiger charge is 2.30. The van der Waals surface area contributed by atoms with Gasteiger partial charge in [0.15, 0.2) is 0 Å².